The van der Waals surface area contributed by atoms with Crippen molar-refractivity contribution in [2.45, 2.75) is 25.0 Å². The van der Waals surface area contributed by atoms with Gasteiger partial charge in [0.1, 0.15) is 25.1 Å². The van der Waals surface area contributed by atoms with Gasteiger partial charge in [-0.05, 0) is 67.9 Å². The second-order valence-corrected chi connectivity index (χ2v) is 9.82. The highest BCUT2D eigenvalue weighted by atomic mass is 19.1. The lowest BCUT2D eigenvalue weighted by molar-refractivity contribution is -0.147. The zero-order valence-electron chi connectivity index (χ0n) is 21.1. The predicted molar refractivity (Wildman–Crippen MR) is 135 cm³/mol. The van der Waals surface area contributed by atoms with E-state index in [0.29, 0.717) is 32.7 Å². The van der Waals surface area contributed by atoms with Crippen molar-refractivity contribution in [3.63, 3.8) is 0 Å². The maximum atomic E-state index is 14.7. The topological polar surface area (TPSA) is 94.6 Å². The van der Waals surface area contributed by atoms with E-state index in [9.17, 15) is 23.5 Å². The van der Waals surface area contributed by atoms with Crippen molar-refractivity contribution in [1.29, 1.82) is 0 Å². The molecule has 2 aromatic carbocycles. The van der Waals surface area contributed by atoms with Gasteiger partial charge in [-0.3, -0.25) is 9.59 Å². The first kappa shape index (κ1) is 26.2. The van der Waals surface area contributed by atoms with Crippen LogP contribution < -0.4 is 19.7 Å². The largest absolute Gasteiger partial charge is 0.486 e. The average molecular weight is 531 g/mol. The van der Waals surface area contributed by atoms with Gasteiger partial charge in [0.25, 0.3) is 0 Å². The van der Waals surface area contributed by atoms with Gasteiger partial charge in [0, 0.05) is 38.4 Å². The number of hydrogen-bond donors (Lipinski definition) is 2. The highest BCUT2D eigenvalue weighted by molar-refractivity contribution is 6.35. The number of piperazine rings is 1. The molecule has 0 saturated carbocycles. The summed E-state index contributed by atoms with van der Waals surface area (Å²) in [6.45, 7) is 4.10. The minimum Gasteiger partial charge on any atom is -0.486 e. The third-order valence-electron chi connectivity index (χ3n) is 7.26. The van der Waals surface area contributed by atoms with Gasteiger partial charge in [-0.1, -0.05) is 0 Å². The number of aliphatic hydroxyl groups is 1. The number of carbonyl (C=O) groups excluding carboxylic acids is 2. The summed E-state index contributed by atoms with van der Waals surface area (Å²) in [4.78, 5) is 31.7. The fraction of sp³-hybridized carbons (Fsp3) is 0.481. The number of fused-ring (bicyclic) bond motifs is 1. The molecule has 0 bridgehead atoms. The number of nitrogens with one attached hydrogen (secondary N) is 1. The van der Waals surface area contributed by atoms with Gasteiger partial charge in [-0.2, -0.15) is 0 Å². The SMILES string of the molecule is O=C(N[C@H](CN1CCCC1)[C@@H](O)c1cc(F)c2c(c1)OCCO2)C(=O)N1CCN(c2ccc(F)cc2)CC1. The molecule has 2 N–H and O–H groups in total. The Bertz CT molecular complexity index is 1150. The number of amides is 2. The first-order valence-electron chi connectivity index (χ1n) is 13.0. The molecule has 0 unspecified atom stereocenters. The van der Waals surface area contributed by atoms with Gasteiger partial charge < -0.3 is 34.6 Å². The van der Waals surface area contributed by atoms with Crippen LogP contribution in [-0.4, -0.2) is 91.8 Å². The van der Waals surface area contributed by atoms with E-state index >= 15 is 0 Å². The van der Waals surface area contributed by atoms with Crippen molar-refractivity contribution in [1.82, 2.24) is 15.1 Å². The minimum absolute atomic E-state index is 0.00212. The first-order chi connectivity index (χ1) is 18.4. The van der Waals surface area contributed by atoms with Crippen molar-refractivity contribution in [3.05, 3.63) is 53.6 Å². The third-order valence-corrected chi connectivity index (χ3v) is 7.26. The highest BCUT2D eigenvalue weighted by Crippen LogP contribution is 2.36. The van der Waals surface area contributed by atoms with Crippen LogP contribution in [0.4, 0.5) is 14.5 Å². The molecular weight excluding hydrogens is 498 g/mol. The molecule has 11 heteroatoms. The average Bonchev–Trinajstić information content (AvgIpc) is 3.45. The number of benzene rings is 2. The molecule has 3 aliphatic rings. The van der Waals surface area contributed by atoms with Crippen molar-refractivity contribution in [2.75, 3.05) is 63.9 Å². The normalized spacial score (nSPS) is 19.2. The fourth-order valence-corrected chi connectivity index (χ4v) is 5.20. The lowest BCUT2D eigenvalue weighted by Gasteiger charge is -2.36. The fourth-order valence-electron chi connectivity index (χ4n) is 5.20. The minimum atomic E-state index is -1.27. The van der Waals surface area contributed by atoms with Crippen LogP contribution in [0.15, 0.2) is 36.4 Å². The number of carbonyl (C=O) groups is 2. The molecule has 38 heavy (non-hydrogen) atoms. The Morgan fingerprint density at radius 2 is 1.63 bits per heavy atom. The third kappa shape index (κ3) is 5.83. The lowest BCUT2D eigenvalue weighted by Crippen LogP contribution is -2.55. The van der Waals surface area contributed by atoms with Crippen molar-refractivity contribution < 1.29 is 33.0 Å². The Hall–Kier alpha value is -3.44. The van der Waals surface area contributed by atoms with Gasteiger partial charge in [0.2, 0.25) is 0 Å². The predicted octanol–water partition coefficient (Wildman–Crippen LogP) is 1.70. The summed E-state index contributed by atoms with van der Waals surface area (Å²) in [5, 5.41) is 13.9. The molecule has 3 heterocycles. The second-order valence-electron chi connectivity index (χ2n) is 9.82. The standard InChI is InChI=1S/C27H32F2N4O5/c28-19-3-5-20(6-4-19)32-9-11-33(12-10-32)27(36)26(35)30-22(17-31-7-1-2-8-31)24(34)18-15-21(29)25-23(16-18)37-13-14-38-25/h3-6,15-16,22,24,34H,1-2,7-14,17H2,(H,30,35)/t22-,24+/m1/s1. The number of ether oxygens (including phenoxy) is 2. The maximum absolute atomic E-state index is 14.7. The quantitative estimate of drug-likeness (QED) is 0.549. The monoisotopic (exact) mass is 530 g/mol. The number of nitrogens with zero attached hydrogens (tertiary/aromatic N) is 3. The summed E-state index contributed by atoms with van der Waals surface area (Å²) >= 11 is 0. The molecule has 0 aliphatic carbocycles. The van der Waals surface area contributed by atoms with E-state index < -0.39 is 29.8 Å². The smallest absolute Gasteiger partial charge is 0.312 e. The van der Waals surface area contributed by atoms with Crippen molar-refractivity contribution in [2.24, 2.45) is 0 Å². The molecule has 0 radical (unpaired) electrons. The molecule has 3 aliphatic heterocycles. The number of likely N-dealkylation sites (tertiary alicyclic amines) is 1. The van der Waals surface area contributed by atoms with Crippen molar-refractivity contribution >= 4 is 17.5 Å². The second kappa shape index (κ2) is 11.5. The van der Waals surface area contributed by atoms with E-state index in [2.05, 4.69) is 10.2 Å². The summed E-state index contributed by atoms with van der Waals surface area (Å²) in [6, 6.07) is 8.00. The lowest BCUT2D eigenvalue weighted by atomic mass is 10.0. The number of halogens is 2. The molecule has 2 aromatic rings. The molecule has 2 atom stereocenters. The zero-order valence-corrected chi connectivity index (χ0v) is 21.1. The Labute approximate surface area is 219 Å². The maximum Gasteiger partial charge on any atom is 0.312 e. The zero-order chi connectivity index (χ0) is 26.6. The molecule has 0 aromatic heterocycles. The molecule has 204 valence electrons. The van der Waals surface area contributed by atoms with Crippen LogP contribution in [0.25, 0.3) is 0 Å². The molecular formula is C27H32F2N4O5. The Morgan fingerprint density at radius 3 is 2.34 bits per heavy atom. The van der Waals surface area contributed by atoms with Crippen LogP contribution in [0.3, 0.4) is 0 Å². The van der Waals surface area contributed by atoms with Gasteiger partial charge in [-0.25, -0.2) is 8.78 Å². The van der Waals surface area contributed by atoms with E-state index in [1.54, 1.807) is 12.1 Å². The highest BCUT2D eigenvalue weighted by Gasteiger charge is 2.33. The first-order valence-corrected chi connectivity index (χ1v) is 13.0. The number of anilines is 1. The summed E-state index contributed by atoms with van der Waals surface area (Å²) < 4.78 is 38.7. The van der Waals surface area contributed by atoms with Crippen LogP contribution in [0, 0.1) is 11.6 Å². The molecule has 5 rings (SSSR count). The Kier molecular flexibility index (Phi) is 7.94. The number of hydrogen-bond acceptors (Lipinski definition) is 7. The molecule has 9 nitrogen and oxygen atoms in total. The van der Waals surface area contributed by atoms with Crippen LogP contribution >= 0.6 is 0 Å². The molecule has 2 amide bonds. The number of rotatable bonds is 6. The Morgan fingerprint density at radius 1 is 0.947 bits per heavy atom. The van der Waals surface area contributed by atoms with Crippen LogP contribution in [0.5, 0.6) is 11.5 Å². The molecule has 0 spiro atoms. The Balaban J connectivity index is 1.25. The van der Waals surface area contributed by atoms with Gasteiger partial charge in [-0.15, -0.1) is 0 Å². The number of aliphatic hydroxyl groups excluding tert-OH is 1. The van der Waals surface area contributed by atoms with E-state index in [4.69, 9.17) is 9.47 Å². The van der Waals surface area contributed by atoms with Gasteiger partial charge >= 0.3 is 11.8 Å². The van der Waals surface area contributed by atoms with E-state index in [0.717, 1.165) is 31.6 Å². The van der Waals surface area contributed by atoms with E-state index in [-0.39, 0.29) is 36.1 Å². The van der Waals surface area contributed by atoms with Gasteiger partial charge in [0.15, 0.2) is 17.3 Å². The van der Waals surface area contributed by atoms with Crippen LogP contribution in [0.2, 0.25) is 0 Å². The summed E-state index contributed by atoms with van der Waals surface area (Å²) in [5.74, 6) is -2.27. The molecule has 2 fully saturated rings. The van der Waals surface area contributed by atoms with E-state index in [1.165, 1.54) is 29.2 Å². The van der Waals surface area contributed by atoms with Crippen LogP contribution in [-0.2, 0) is 9.59 Å². The summed E-state index contributed by atoms with van der Waals surface area (Å²) in [5.41, 5.74) is 1.08. The van der Waals surface area contributed by atoms with Crippen LogP contribution in [0.1, 0.15) is 24.5 Å². The molecule has 2 saturated heterocycles. The summed E-state index contributed by atoms with van der Waals surface area (Å²) in [7, 11) is 0. The summed E-state index contributed by atoms with van der Waals surface area (Å²) in [6.07, 6.45) is 0.743. The van der Waals surface area contributed by atoms with Gasteiger partial charge in [0.05, 0.1) is 6.04 Å². The van der Waals surface area contributed by atoms with E-state index in [1.807, 2.05) is 4.90 Å². The van der Waals surface area contributed by atoms with Crippen molar-refractivity contribution in [3.8, 4) is 11.5 Å².